The normalized spacial score (nSPS) is 15.5. The predicted molar refractivity (Wildman–Crippen MR) is 226 cm³/mol. The van der Waals surface area contributed by atoms with Crippen molar-refractivity contribution in [2.24, 2.45) is 5.11 Å². The van der Waals surface area contributed by atoms with Crippen molar-refractivity contribution < 1.29 is 28.4 Å². The molecule has 3 atom stereocenters. The Morgan fingerprint density at radius 1 is 0.475 bits per heavy atom. The highest BCUT2D eigenvalue weighted by Gasteiger charge is 2.43. The van der Waals surface area contributed by atoms with Crippen LogP contribution in [0.1, 0.15) is 51.1 Å². The minimum absolute atomic E-state index is 0.242. The molecule has 0 spiro atoms. The fourth-order valence-corrected chi connectivity index (χ4v) is 6.97. The van der Waals surface area contributed by atoms with E-state index in [2.05, 4.69) is 10.0 Å². The molecule has 7 aromatic carbocycles. The van der Waals surface area contributed by atoms with Crippen LogP contribution in [0.15, 0.2) is 187 Å². The maximum atomic E-state index is 10.1. The smallest absolute Gasteiger partial charge is 0.162 e. The van der Waals surface area contributed by atoms with Gasteiger partial charge in [-0.3, -0.25) is 0 Å². The van der Waals surface area contributed by atoms with Crippen LogP contribution in [0.2, 0.25) is 0 Å². The van der Waals surface area contributed by atoms with Crippen molar-refractivity contribution in [1.82, 2.24) is 0 Å². The van der Waals surface area contributed by atoms with Crippen LogP contribution in [-0.4, -0.2) is 6.10 Å². The summed E-state index contributed by atoms with van der Waals surface area (Å²) in [5.74, 6) is 2.57. The Morgan fingerprint density at radius 3 is 1.44 bits per heavy atom. The van der Waals surface area contributed by atoms with E-state index in [1.165, 1.54) is 0 Å². The summed E-state index contributed by atoms with van der Waals surface area (Å²) in [6.07, 6.45) is -1.54. The van der Waals surface area contributed by atoms with E-state index in [1.807, 2.05) is 182 Å². The van der Waals surface area contributed by atoms with Gasteiger partial charge in [0.25, 0.3) is 0 Å². The van der Waals surface area contributed by atoms with E-state index in [0.29, 0.717) is 54.1 Å². The summed E-state index contributed by atoms with van der Waals surface area (Å²) in [6.45, 7) is 1.51. The average Bonchev–Trinajstić information content (AvgIpc) is 3.30. The van der Waals surface area contributed by atoms with Crippen LogP contribution in [0.25, 0.3) is 10.4 Å². The number of ether oxygens (including phenoxy) is 6. The van der Waals surface area contributed by atoms with E-state index in [1.54, 1.807) is 0 Å². The van der Waals surface area contributed by atoms with E-state index in [9.17, 15) is 5.53 Å². The molecule has 8 rings (SSSR count). The second-order valence-electron chi connectivity index (χ2n) is 14.1. The summed E-state index contributed by atoms with van der Waals surface area (Å²) in [7, 11) is 0. The molecule has 0 bridgehead atoms. The summed E-state index contributed by atoms with van der Waals surface area (Å²) >= 11 is 0. The van der Waals surface area contributed by atoms with Gasteiger partial charge in [0.2, 0.25) is 0 Å². The lowest BCUT2D eigenvalue weighted by Gasteiger charge is -2.39. The van der Waals surface area contributed by atoms with Gasteiger partial charge in [-0.15, -0.1) is 0 Å². The summed E-state index contributed by atoms with van der Waals surface area (Å²) in [6, 6.07) is 58.2. The summed E-state index contributed by atoms with van der Waals surface area (Å²) in [5, 5.41) is 4.41. The Bertz CT molecular complexity index is 2450. The molecule has 0 amide bonds. The molecular formula is C50H43N3O6. The maximum absolute atomic E-state index is 10.1. The average molecular weight is 782 g/mol. The van der Waals surface area contributed by atoms with Crippen molar-refractivity contribution in [1.29, 1.82) is 0 Å². The minimum Gasteiger partial charge on any atom is -0.489 e. The summed E-state index contributed by atoms with van der Waals surface area (Å²) in [5.41, 5.74) is 16.4. The third-order valence-electron chi connectivity index (χ3n) is 9.95. The quantitative estimate of drug-likeness (QED) is 0.0518. The molecule has 0 aromatic heterocycles. The van der Waals surface area contributed by atoms with Crippen LogP contribution in [0.4, 0.5) is 0 Å². The van der Waals surface area contributed by atoms with E-state index in [-0.39, 0.29) is 13.2 Å². The number of nitrogens with zero attached hydrogens (tertiary/aromatic N) is 3. The van der Waals surface area contributed by atoms with Gasteiger partial charge in [-0.1, -0.05) is 163 Å². The Kier molecular flexibility index (Phi) is 12.7. The lowest BCUT2D eigenvalue weighted by atomic mass is 9.89. The van der Waals surface area contributed by atoms with Gasteiger partial charge < -0.3 is 28.4 Å². The van der Waals surface area contributed by atoms with Crippen LogP contribution >= 0.6 is 0 Å². The molecule has 0 aliphatic carbocycles. The first-order valence-corrected chi connectivity index (χ1v) is 19.6. The van der Waals surface area contributed by atoms with Crippen LogP contribution in [0.5, 0.6) is 28.7 Å². The molecule has 0 unspecified atom stereocenters. The molecule has 1 heterocycles. The van der Waals surface area contributed by atoms with Gasteiger partial charge >= 0.3 is 0 Å². The van der Waals surface area contributed by atoms with E-state index in [0.717, 1.165) is 33.4 Å². The van der Waals surface area contributed by atoms with Crippen molar-refractivity contribution >= 4 is 0 Å². The zero-order chi connectivity index (χ0) is 40.1. The van der Waals surface area contributed by atoms with Gasteiger partial charge in [0.05, 0.1) is 12.6 Å². The van der Waals surface area contributed by atoms with Crippen LogP contribution in [0.3, 0.4) is 0 Å². The highest BCUT2D eigenvalue weighted by molar-refractivity contribution is 5.55. The topological polar surface area (TPSA) is 104 Å². The van der Waals surface area contributed by atoms with Gasteiger partial charge in [-0.05, 0) is 51.0 Å². The Morgan fingerprint density at radius 2 is 0.932 bits per heavy atom. The van der Waals surface area contributed by atoms with Crippen LogP contribution in [-0.2, 0) is 37.8 Å². The molecule has 0 fully saturated rings. The van der Waals surface area contributed by atoms with E-state index >= 15 is 0 Å². The van der Waals surface area contributed by atoms with Crippen molar-refractivity contribution in [2.75, 3.05) is 0 Å². The van der Waals surface area contributed by atoms with Crippen molar-refractivity contribution in [3.05, 3.63) is 231 Å². The van der Waals surface area contributed by atoms with Gasteiger partial charge in [-0.25, -0.2) is 0 Å². The Labute approximate surface area is 344 Å². The van der Waals surface area contributed by atoms with E-state index in [4.69, 9.17) is 28.4 Å². The van der Waals surface area contributed by atoms with Gasteiger partial charge in [0, 0.05) is 22.6 Å². The highest BCUT2D eigenvalue weighted by Crippen LogP contribution is 2.51. The maximum Gasteiger partial charge on any atom is 0.162 e. The number of hydrogen-bond acceptors (Lipinski definition) is 7. The second-order valence-corrected chi connectivity index (χ2v) is 14.1. The Balaban J connectivity index is 1.20. The molecule has 294 valence electrons. The molecule has 0 radical (unpaired) electrons. The molecule has 0 N–H and O–H groups in total. The highest BCUT2D eigenvalue weighted by atomic mass is 16.6. The summed E-state index contributed by atoms with van der Waals surface area (Å²) in [4.78, 5) is 3.36. The van der Waals surface area contributed by atoms with Crippen molar-refractivity contribution in [3.63, 3.8) is 0 Å². The largest absolute Gasteiger partial charge is 0.489 e. The third kappa shape index (κ3) is 10.0. The molecule has 7 aromatic rings. The number of benzene rings is 7. The van der Waals surface area contributed by atoms with E-state index < -0.39 is 18.2 Å². The molecule has 0 saturated heterocycles. The number of rotatable bonds is 17. The lowest BCUT2D eigenvalue weighted by Crippen LogP contribution is -2.36. The van der Waals surface area contributed by atoms with Gasteiger partial charge in [0.15, 0.2) is 17.6 Å². The Hall–Kier alpha value is -7.19. The molecule has 0 saturated carbocycles. The molecule has 9 heteroatoms. The first-order valence-electron chi connectivity index (χ1n) is 19.6. The zero-order valence-corrected chi connectivity index (χ0v) is 32.4. The minimum atomic E-state index is -0.853. The number of azide groups is 1. The van der Waals surface area contributed by atoms with Gasteiger partial charge in [0.1, 0.15) is 49.8 Å². The molecule has 59 heavy (non-hydrogen) atoms. The third-order valence-corrected chi connectivity index (χ3v) is 9.95. The monoisotopic (exact) mass is 781 g/mol. The SMILES string of the molecule is [N-]=[N+]=N[C@H]1c2c(OCc3ccccc3)cc(OCc3ccccc3)cc2O[C@H](c2ccc(OCc3ccccc3)c(OCc3ccccc3)c2)[C@@H]1OCc1ccccc1. The predicted octanol–water partition coefficient (Wildman–Crippen LogP) is 12.1. The van der Waals surface area contributed by atoms with Gasteiger partial charge in [-0.2, -0.15) is 0 Å². The zero-order valence-electron chi connectivity index (χ0n) is 32.4. The number of fused-ring (bicyclic) bond motifs is 1. The molecule has 1 aliphatic rings. The van der Waals surface area contributed by atoms with Crippen molar-refractivity contribution in [3.8, 4) is 28.7 Å². The number of hydrogen-bond donors (Lipinski definition) is 0. The molecule has 1 aliphatic heterocycles. The molecular weight excluding hydrogens is 739 g/mol. The summed E-state index contributed by atoms with van der Waals surface area (Å²) < 4.78 is 39.5. The fourth-order valence-electron chi connectivity index (χ4n) is 6.97. The lowest BCUT2D eigenvalue weighted by molar-refractivity contribution is -0.0629. The first-order chi connectivity index (χ1) is 29.2. The van der Waals surface area contributed by atoms with Crippen LogP contribution in [0, 0.1) is 0 Å². The van der Waals surface area contributed by atoms with Crippen LogP contribution < -0.4 is 23.7 Å². The first kappa shape index (κ1) is 38.7. The second kappa shape index (κ2) is 19.3. The molecule has 9 nitrogen and oxygen atoms in total. The fraction of sp³-hybridized carbons (Fsp3) is 0.160. The standard InChI is InChI=1S/C50H43N3O6/c51-53-52-48-47-45(57-34-39-22-12-4-13-23-39)29-42(54-31-36-16-6-1-7-17-36)30-46(47)59-49(50(48)58-35-40-24-14-5-15-25-40)41-26-27-43(55-32-37-18-8-2-9-19-37)44(28-41)56-33-38-20-10-3-11-21-38/h1-30,48-50H,31-35H2/t48-,49+,50+/m0/s1. The van der Waals surface area contributed by atoms with Crippen molar-refractivity contribution in [2.45, 2.75) is 51.3 Å².